The average Bonchev–Trinajstić information content (AvgIpc) is 3.32. The van der Waals surface area contributed by atoms with E-state index >= 15 is 0 Å². The van der Waals surface area contributed by atoms with Crippen LogP contribution in [0.2, 0.25) is 0 Å². The lowest BCUT2D eigenvalue weighted by Crippen LogP contribution is -2.36. The van der Waals surface area contributed by atoms with Gasteiger partial charge in [0, 0.05) is 39.8 Å². The lowest BCUT2D eigenvalue weighted by molar-refractivity contribution is 0.573. The van der Waals surface area contributed by atoms with Crippen LogP contribution >= 0.6 is 0 Å². The topological polar surface area (TPSA) is 91.8 Å². The van der Waals surface area contributed by atoms with E-state index in [1.54, 1.807) is 6.21 Å². The Balaban J connectivity index is 1.45. The molecule has 0 amide bonds. The molecular weight excluding hydrogens is 348 g/mol. The van der Waals surface area contributed by atoms with Crippen LogP contribution in [0, 0.1) is 5.41 Å². The minimum atomic E-state index is 0.0458. The van der Waals surface area contributed by atoms with Gasteiger partial charge in [-0.15, -0.1) is 0 Å². The lowest BCUT2D eigenvalue weighted by atomic mass is 10.0. The average molecular weight is 372 g/mol. The molecule has 1 atom stereocenters. The fourth-order valence-corrected chi connectivity index (χ4v) is 3.55. The van der Waals surface area contributed by atoms with E-state index in [0.717, 1.165) is 34.8 Å². The molecule has 0 aliphatic heterocycles. The van der Waals surface area contributed by atoms with Crippen molar-refractivity contribution in [1.29, 1.82) is 5.41 Å². The standard InChI is InChI=1S/C22H24N6/c1-2-7-21(18-14-25-20-11-6-4-9-17(18)20)27-22(23)28-26-13-15-12-24-19-10-5-3-8-16(15)19/h3-6,8-14,21,24-25H,2,7H2,1H3,(H3,23,27,28)/b26-13+. The Kier molecular flexibility index (Phi) is 5.10. The molecule has 28 heavy (non-hydrogen) atoms. The molecule has 0 fully saturated rings. The number of nitrogens with zero attached hydrogens (tertiary/aromatic N) is 1. The van der Waals surface area contributed by atoms with Crippen LogP contribution in [0.25, 0.3) is 21.8 Å². The molecule has 2 heterocycles. The zero-order chi connectivity index (χ0) is 19.3. The smallest absolute Gasteiger partial charge is 0.209 e. The van der Waals surface area contributed by atoms with E-state index in [4.69, 9.17) is 5.41 Å². The molecule has 1 unspecified atom stereocenters. The molecule has 4 aromatic rings. The van der Waals surface area contributed by atoms with Crippen molar-refractivity contribution in [3.8, 4) is 0 Å². The summed E-state index contributed by atoms with van der Waals surface area (Å²) in [5, 5.41) is 18.0. The maximum absolute atomic E-state index is 8.25. The molecule has 2 aromatic heterocycles. The molecule has 4 rings (SSSR count). The SMILES string of the molecule is CCCC(NC(=N)N/N=C/c1c[nH]c2ccccc12)c1c[nH]c2ccccc12. The fraction of sp³-hybridized carbons (Fsp3) is 0.182. The number of H-pyrrole nitrogens is 2. The second-order valence-electron chi connectivity index (χ2n) is 6.81. The number of nitrogens with one attached hydrogen (secondary N) is 5. The monoisotopic (exact) mass is 372 g/mol. The Labute approximate surface area is 163 Å². The molecule has 6 nitrogen and oxygen atoms in total. The van der Waals surface area contributed by atoms with Crippen molar-refractivity contribution in [1.82, 2.24) is 20.7 Å². The molecule has 0 bridgehead atoms. The van der Waals surface area contributed by atoms with Crippen LogP contribution < -0.4 is 10.7 Å². The van der Waals surface area contributed by atoms with Gasteiger partial charge in [0.25, 0.3) is 0 Å². The molecule has 0 radical (unpaired) electrons. The van der Waals surface area contributed by atoms with Crippen LogP contribution in [0.3, 0.4) is 0 Å². The summed E-state index contributed by atoms with van der Waals surface area (Å²) in [5.41, 5.74) is 7.13. The number of hydrogen-bond donors (Lipinski definition) is 5. The number of hydrogen-bond acceptors (Lipinski definition) is 2. The Morgan fingerprint density at radius 1 is 1.04 bits per heavy atom. The van der Waals surface area contributed by atoms with Gasteiger partial charge in [-0.2, -0.15) is 5.10 Å². The first-order chi connectivity index (χ1) is 13.8. The third-order valence-corrected chi connectivity index (χ3v) is 4.89. The van der Waals surface area contributed by atoms with Crippen molar-refractivity contribution in [2.24, 2.45) is 5.10 Å². The number of guanidine groups is 1. The summed E-state index contributed by atoms with van der Waals surface area (Å²) in [6, 6.07) is 16.4. The van der Waals surface area contributed by atoms with E-state index in [-0.39, 0.29) is 12.0 Å². The van der Waals surface area contributed by atoms with E-state index in [2.05, 4.69) is 44.9 Å². The first-order valence-electron chi connectivity index (χ1n) is 9.52. The molecule has 142 valence electrons. The predicted molar refractivity (Wildman–Crippen MR) is 116 cm³/mol. The Morgan fingerprint density at radius 3 is 2.50 bits per heavy atom. The summed E-state index contributed by atoms with van der Waals surface area (Å²) >= 11 is 0. The fourth-order valence-electron chi connectivity index (χ4n) is 3.55. The molecule has 0 aliphatic rings. The zero-order valence-electron chi connectivity index (χ0n) is 15.8. The quantitative estimate of drug-likeness (QED) is 0.194. The number of fused-ring (bicyclic) bond motifs is 2. The molecular formula is C22H24N6. The molecule has 0 spiro atoms. The maximum Gasteiger partial charge on any atom is 0.209 e. The Hall–Kier alpha value is -3.54. The van der Waals surface area contributed by atoms with Crippen LogP contribution in [0.1, 0.15) is 36.9 Å². The van der Waals surface area contributed by atoms with Gasteiger partial charge < -0.3 is 15.3 Å². The van der Waals surface area contributed by atoms with Crippen LogP contribution in [-0.2, 0) is 0 Å². The number of para-hydroxylation sites is 2. The Morgan fingerprint density at radius 2 is 1.71 bits per heavy atom. The highest BCUT2D eigenvalue weighted by atomic mass is 15.4. The van der Waals surface area contributed by atoms with Crippen LogP contribution in [0.5, 0.6) is 0 Å². The summed E-state index contributed by atoms with van der Waals surface area (Å²) in [6.45, 7) is 2.15. The highest BCUT2D eigenvalue weighted by molar-refractivity contribution is 5.99. The van der Waals surface area contributed by atoms with Crippen molar-refractivity contribution in [3.05, 3.63) is 72.1 Å². The molecule has 0 aliphatic carbocycles. The van der Waals surface area contributed by atoms with Gasteiger partial charge in [0.05, 0.1) is 12.3 Å². The van der Waals surface area contributed by atoms with E-state index in [9.17, 15) is 0 Å². The summed E-state index contributed by atoms with van der Waals surface area (Å²) in [5.74, 6) is 0.180. The molecule has 0 saturated heterocycles. The summed E-state index contributed by atoms with van der Waals surface area (Å²) < 4.78 is 0. The molecule has 0 saturated carbocycles. The predicted octanol–water partition coefficient (Wildman–Crippen LogP) is 4.64. The second-order valence-corrected chi connectivity index (χ2v) is 6.81. The molecule has 5 N–H and O–H groups in total. The maximum atomic E-state index is 8.25. The summed E-state index contributed by atoms with van der Waals surface area (Å²) in [7, 11) is 0. The largest absolute Gasteiger partial charge is 0.361 e. The second kappa shape index (κ2) is 8.00. The number of aromatic nitrogens is 2. The normalized spacial score (nSPS) is 12.6. The highest BCUT2D eigenvalue weighted by Crippen LogP contribution is 2.26. The number of rotatable bonds is 6. The van der Waals surface area contributed by atoms with Crippen molar-refractivity contribution in [2.75, 3.05) is 0 Å². The van der Waals surface area contributed by atoms with Gasteiger partial charge in [0.2, 0.25) is 5.96 Å². The van der Waals surface area contributed by atoms with Crippen LogP contribution in [0.15, 0.2) is 66.0 Å². The summed E-state index contributed by atoms with van der Waals surface area (Å²) in [6.07, 6.45) is 7.62. The van der Waals surface area contributed by atoms with Crippen molar-refractivity contribution in [2.45, 2.75) is 25.8 Å². The number of aromatic amines is 2. The van der Waals surface area contributed by atoms with Crippen LogP contribution in [0.4, 0.5) is 0 Å². The van der Waals surface area contributed by atoms with Crippen molar-refractivity contribution in [3.63, 3.8) is 0 Å². The van der Waals surface area contributed by atoms with E-state index < -0.39 is 0 Å². The van der Waals surface area contributed by atoms with E-state index in [1.807, 2.05) is 48.8 Å². The molecule has 2 aromatic carbocycles. The number of hydrazone groups is 1. The zero-order valence-corrected chi connectivity index (χ0v) is 15.8. The van der Waals surface area contributed by atoms with Crippen LogP contribution in [-0.4, -0.2) is 22.1 Å². The first kappa shape index (κ1) is 17.9. The highest BCUT2D eigenvalue weighted by Gasteiger charge is 2.16. The van der Waals surface area contributed by atoms with Gasteiger partial charge in [-0.25, -0.2) is 5.43 Å². The van der Waals surface area contributed by atoms with Gasteiger partial charge in [-0.1, -0.05) is 49.7 Å². The Bertz CT molecular complexity index is 1120. The van der Waals surface area contributed by atoms with E-state index in [0.29, 0.717) is 0 Å². The van der Waals surface area contributed by atoms with Gasteiger partial charge in [0.1, 0.15) is 0 Å². The number of benzene rings is 2. The minimum Gasteiger partial charge on any atom is -0.361 e. The minimum absolute atomic E-state index is 0.0458. The van der Waals surface area contributed by atoms with E-state index in [1.165, 1.54) is 10.9 Å². The lowest BCUT2D eigenvalue weighted by Gasteiger charge is -2.19. The third-order valence-electron chi connectivity index (χ3n) is 4.89. The molecule has 6 heteroatoms. The van der Waals surface area contributed by atoms with Gasteiger partial charge >= 0.3 is 0 Å². The van der Waals surface area contributed by atoms with Gasteiger partial charge in [-0.05, 0) is 24.1 Å². The summed E-state index contributed by atoms with van der Waals surface area (Å²) in [4.78, 5) is 6.53. The first-order valence-corrected chi connectivity index (χ1v) is 9.52. The van der Waals surface area contributed by atoms with Crippen molar-refractivity contribution >= 4 is 34.0 Å². The third kappa shape index (κ3) is 3.62. The van der Waals surface area contributed by atoms with Gasteiger partial charge in [0.15, 0.2) is 0 Å². The van der Waals surface area contributed by atoms with Gasteiger partial charge in [-0.3, -0.25) is 5.41 Å². The van der Waals surface area contributed by atoms with Crippen molar-refractivity contribution < 1.29 is 0 Å².